The SMILES string of the molecule is CC(C)CC(C(=O)O)C(C(=O)O)C(C(=O)O)C(C)C. The Morgan fingerprint density at radius 1 is 0.789 bits per heavy atom. The van der Waals surface area contributed by atoms with E-state index in [9.17, 15) is 29.7 Å². The number of carbonyl (C=O) groups is 3. The molecule has 0 aliphatic carbocycles. The highest BCUT2D eigenvalue weighted by Crippen LogP contribution is 2.32. The Hall–Kier alpha value is -1.59. The third kappa shape index (κ3) is 4.89. The molecule has 0 radical (unpaired) electrons. The van der Waals surface area contributed by atoms with Gasteiger partial charge in [0.15, 0.2) is 0 Å². The Morgan fingerprint density at radius 2 is 1.21 bits per heavy atom. The summed E-state index contributed by atoms with van der Waals surface area (Å²) < 4.78 is 0. The van der Waals surface area contributed by atoms with Crippen LogP contribution in [0.2, 0.25) is 0 Å². The highest BCUT2D eigenvalue weighted by atomic mass is 16.4. The van der Waals surface area contributed by atoms with E-state index in [1.54, 1.807) is 27.7 Å². The number of aliphatic carboxylic acids is 3. The summed E-state index contributed by atoms with van der Waals surface area (Å²) in [4.78, 5) is 33.9. The molecule has 0 saturated carbocycles. The lowest BCUT2D eigenvalue weighted by atomic mass is 9.73. The molecule has 0 aromatic heterocycles. The molecule has 3 N–H and O–H groups in total. The quantitative estimate of drug-likeness (QED) is 0.622. The van der Waals surface area contributed by atoms with Gasteiger partial charge in [0.25, 0.3) is 0 Å². The van der Waals surface area contributed by atoms with Gasteiger partial charge in [0.05, 0.1) is 17.8 Å². The fraction of sp³-hybridized carbons (Fsp3) is 0.769. The summed E-state index contributed by atoms with van der Waals surface area (Å²) in [6, 6.07) is 0. The van der Waals surface area contributed by atoms with Crippen LogP contribution in [-0.4, -0.2) is 33.2 Å². The monoisotopic (exact) mass is 274 g/mol. The molecule has 0 bridgehead atoms. The molecular weight excluding hydrogens is 252 g/mol. The predicted octanol–water partition coefficient (Wildman–Crippen LogP) is 1.79. The summed E-state index contributed by atoms with van der Waals surface area (Å²) in [5.41, 5.74) is 0. The normalized spacial score (nSPS) is 16.1. The molecule has 3 unspecified atom stereocenters. The predicted molar refractivity (Wildman–Crippen MR) is 67.7 cm³/mol. The van der Waals surface area contributed by atoms with E-state index in [1.165, 1.54) is 0 Å². The molecule has 0 aromatic rings. The Balaban J connectivity index is 5.52. The van der Waals surface area contributed by atoms with E-state index in [1.807, 2.05) is 0 Å². The molecule has 0 aliphatic heterocycles. The summed E-state index contributed by atoms with van der Waals surface area (Å²) in [5.74, 6) is -8.19. The minimum absolute atomic E-state index is 0.0236. The van der Waals surface area contributed by atoms with E-state index in [0.717, 1.165) is 0 Å². The van der Waals surface area contributed by atoms with Crippen molar-refractivity contribution in [2.75, 3.05) is 0 Å². The highest BCUT2D eigenvalue weighted by molar-refractivity contribution is 5.85. The minimum Gasteiger partial charge on any atom is -0.481 e. The van der Waals surface area contributed by atoms with E-state index < -0.39 is 41.6 Å². The van der Waals surface area contributed by atoms with Crippen molar-refractivity contribution in [3.05, 3.63) is 0 Å². The van der Waals surface area contributed by atoms with Crippen LogP contribution in [0.15, 0.2) is 0 Å². The second-order valence-electron chi connectivity index (χ2n) is 5.55. The van der Waals surface area contributed by atoms with Gasteiger partial charge in [0.2, 0.25) is 0 Å². The second-order valence-corrected chi connectivity index (χ2v) is 5.55. The average molecular weight is 274 g/mol. The molecule has 19 heavy (non-hydrogen) atoms. The van der Waals surface area contributed by atoms with Gasteiger partial charge in [-0.3, -0.25) is 14.4 Å². The maximum absolute atomic E-state index is 11.4. The first kappa shape index (κ1) is 17.4. The van der Waals surface area contributed by atoms with E-state index in [4.69, 9.17) is 0 Å². The van der Waals surface area contributed by atoms with Gasteiger partial charge in [-0.05, 0) is 18.3 Å². The van der Waals surface area contributed by atoms with Crippen LogP contribution in [-0.2, 0) is 14.4 Å². The third-order valence-electron chi connectivity index (χ3n) is 3.15. The van der Waals surface area contributed by atoms with Crippen LogP contribution < -0.4 is 0 Å². The maximum Gasteiger partial charge on any atom is 0.308 e. The molecule has 6 heteroatoms. The molecule has 0 aromatic carbocycles. The third-order valence-corrected chi connectivity index (χ3v) is 3.15. The zero-order valence-electron chi connectivity index (χ0n) is 11.7. The zero-order valence-corrected chi connectivity index (χ0v) is 11.7. The van der Waals surface area contributed by atoms with Crippen LogP contribution in [0.3, 0.4) is 0 Å². The van der Waals surface area contributed by atoms with Crippen molar-refractivity contribution in [3.8, 4) is 0 Å². The number of carboxylic acid groups (broad SMARTS) is 3. The molecule has 3 atom stereocenters. The number of rotatable bonds is 8. The largest absolute Gasteiger partial charge is 0.481 e. The van der Waals surface area contributed by atoms with Crippen molar-refractivity contribution in [3.63, 3.8) is 0 Å². The number of carboxylic acids is 3. The first-order chi connectivity index (χ1) is 8.59. The van der Waals surface area contributed by atoms with Crippen LogP contribution in [0, 0.1) is 29.6 Å². The molecule has 6 nitrogen and oxygen atoms in total. The summed E-state index contributed by atoms with van der Waals surface area (Å²) in [7, 11) is 0. The van der Waals surface area contributed by atoms with Gasteiger partial charge in [-0.1, -0.05) is 27.7 Å². The van der Waals surface area contributed by atoms with Crippen LogP contribution in [0.25, 0.3) is 0 Å². The fourth-order valence-electron chi connectivity index (χ4n) is 2.34. The van der Waals surface area contributed by atoms with Crippen LogP contribution in [0.1, 0.15) is 34.1 Å². The maximum atomic E-state index is 11.4. The van der Waals surface area contributed by atoms with Gasteiger partial charge < -0.3 is 15.3 Å². The summed E-state index contributed by atoms with van der Waals surface area (Å²) in [6.07, 6.45) is 0.142. The Bertz CT molecular complexity index is 347. The highest BCUT2D eigenvalue weighted by Gasteiger charge is 2.44. The van der Waals surface area contributed by atoms with Crippen LogP contribution in [0.4, 0.5) is 0 Å². The first-order valence-electron chi connectivity index (χ1n) is 6.28. The summed E-state index contributed by atoms with van der Waals surface area (Å²) in [6.45, 7) is 6.73. The summed E-state index contributed by atoms with van der Waals surface area (Å²) >= 11 is 0. The lowest BCUT2D eigenvalue weighted by Crippen LogP contribution is -2.41. The van der Waals surface area contributed by atoms with Gasteiger partial charge >= 0.3 is 17.9 Å². The Labute approximate surface area is 112 Å². The molecular formula is C13H22O6. The average Bonchev–Trinajstić information content (AvgIpc) is 2.20. The standard InChI is InChI=1S/C13H22O6/c1-6(2)5-8(11(14)15)10(13(18)19)9(7(3)4)12(16)17/h6-10H,5H2,1-4H3,(H,14,15)(H,16,17)(H,18,19). The molecule has 110 valence electrons. The van der Waals surface area contributed by atoms with Gasteiger partial charge in [-0.25, -0.2) is 0 Å². The number of hydrogen-bond donors (Lipinski definition) is 3. The van der Waals surface area contributed by atoms with Gasteiger partial charge in [-0.2, -0.15) is 0 Å². The molecule has 0 spiro atoms. The first-order valence-corrected chi connectivity index (χ1v) is 6.28. The second kappa shape index (κ2) is 7.11. The molecule has 0 fully saturated rings. The van der Waals surface area contributed by atoms with Crippen molar-refractivity contribution >= 4 is 17.9 Å². The van der Waals surface area contributed by atoms with E-state index in [0.29, 0.717) is 0 Å². The van der Waals surface area contributed by atoms with Crippen molar-refractivity contribution in [1.29, 1.82) is 0 Å². The van der Waals surface area contributed by atoms with Crippen molar-refractivity contribution in [2.45, 2.75) is 34.1 Å². The summed E-state index contributed by atoms with van der Waals surface area (Å²) in [5, 5.41) is 27.6. The molecule has 0 saturated heterocycles. The molecule has 0 aliphatic rings. The Kier molecular flexibility index (Phi) is 6.52. The van der Waals surface area contributed by atoms with E-state index in [2.05, 4.69) is 0 Å². The lowest BCUT2D eigenvalue weighted by molar-refractivity contribution is -0.164. The van der Waals surface area contributed by atoms with Gasteiger partial charge in [0.1, 0.15) is 0 Å². The molecule has 0 heterocycles. The van der Waals surface area contributed by atoms with Crippen molar-refractivity contribution < 1.29 is 29.7 Å². The molecule has 0 rings (SSSR count). The smallest absolute Gasteiger partial charge is 0.308 e. The van der Waals surface area contributed by atoms with Gasteiger partial charge in [0, 0.05) is 0 Å². The minimum atomic E-state index is -1.42. The fourth-order valence-corrected chi connectivity index (χ4v) is 2.34. The van der Waals surface area contributed by atoms with Crippen molar-refractivity contribution in [2.24, 2.45) is 29.6 Å². The molecule has 0 amide bonds. The lowest BCUT2D eigenvalue weighted by Gasteiger charge is -2.29. The van der Waals surface area contributed by atoms with Gasteiger partial charge in [-0.15, -0.1) is 0 Å². The topological polar surface area (TPSA) is 112 Å². The number of hydrogen-bond acceptors (Lipinski definition) is 3. The zero-order chi connectivity index (χ0) is 15.3. The van der Waals surface area contributed by atoms with E-state index >= 15 is 0 Å². The Morgan fingerprint density at radius 3 is 1.42 bits per heavy atom. The van der Waals surface area contributed by atoms with Crippen LogP contribution in [0.5, 0.6) is 0 Å². The van der Waals surface area contributed by atoms with Crippen LogP contribution >= 0.6 is 0 Å². The van der Waals surface area contributed by atoms with Crippen molar-refractivity contribution in [1.82, 2.24) is 0 Å². The van der Waals surface area contributed by atoms with E-state index in [-0.39, 0.29) is 12.3 Å².